The van der Waals surface area contributed by atoms with E-state index in [4.69, 9.17) is 9.26 Å². The van der Waals surface area contributed by atoms with Crippen molar-refractivity contribution in [2.75, 3.05) is 14.2 Å². The molecular weight excluding hydrogens is 348 g/mol. The first-order valence-corrected chi connectivity index (χ1v) is 8.17. The second kappa shape index (κ2) is 8.18. The first-order chi connectivity index (χ1) is 13.1. The van der Waals surface area contributed by atoms with Crippen LogP contribution in [0.5, 0.6) is 5.75 Å². The number of rotatable bonds is 6. The molecule has 1 heterocycles. The number of nitrogens with zero attached hydrogens (tertiary/aromatic N) is 1. The number of hydrogen-bond donors (Lipinski definition) is 1. The van der Waals surface area contributed by atoms with Crippen LogP contribution < -0.4 is 10.1 Å². The molecule has 0 aliphatic rings. The minimum atomic E-state index is -0.449. The van der Waals surface area contributed by atoms with Crippen LogP contribution in [0.3, 0.4) is 0 Å². The second-order valence-electron chi connectivity index (χ2n) is 5.67. The first kappa shape index (κ1) is 18.2. The lowest BCUT2D eigenvalue weighted by molar-refractivity contribution is 0.0600. The van der Waals surface area contributed by atoms with Crippen LogP contribution >= 0.6 is 0 Å². The molecule has 0 saturated heterocycles. The molecule has 0 fully saturated rings. The van der Waals surface area contributed by atoms with Gasteiger partial charge in [0.05, 0.1) is 26.3 Å². The van der Waals surface area contributed by atoms with Crippen LogP contribution in [-0.2, 0) is 11.3 Å². The summed E-state index contributed by atoms with van der Waals surface area (Å²) in [5.74, 6) is 0.571. The quantitative estimate of drug-likeness (QED) is 0.674. The van der Waals surface area contributed by atoms with E-state index >= 15 is 0 Å². The number of carbonyl (C=O) groups is 2. The molecule has 1 amide bonds. The van der Waals surface area contributed by atoms with Crippen LogP contribution in [0.4, 0.5) is 0 Å². The third-order valence-corrected chi connectivity index (χ3v) is 3.91. The zero-order chi connectivity index (χ0) is 19.2. The molecule has 0 bridgehead atoms. The maximum absolute atomic E-state index is 12.2. The molecule has 7 nitrogen and oxygen atoms in total. The van der Waals surface area contributed by atoms with Gasteiger partial charge in [0.25, 0.3) is 5.91 Å². The summed E-state index contributed by atoms with van der Waals surface area (Å²) in [5, 5.41) is 6.73. The predicted octanol–water partition coefficient (Wildman–Crippen LogP) is 3.07. The smallest absolute Gasteiger partial charge is 0.337 e. The number of methoxy groups -OCH3 is 2. The van der Waals surface area contributed by atoms with Crippen molar-refractivity contribution in [1.29, 1.82) is 0 Å². The van der Waals surface area contributed by atoms with Gasteiger partial charge >= 0.3 is 5.97 Å². The molecule has 0 aliphatic heterocycles. The summed E-state index contributed by atoms with van der Waals surface area (Å²) in [4.78, 5) is 23.6. The van der Waals surface area contributed by atoms with Crippen molar-refractivity contribution < 1.29 is 23.6 Å². The predicted molar refractivity (Wildman–Crippen MR) is 97.4 cm³/mol. The third-order valence-electron chi connectivity index (χ3n) is 3.91. The Kier molecular flexibility index (Phi) is 5.51. The number of hydrogen-bond acceptors (Lipinski definition) is 6. The Labute approximate surface area is 155 Å². The molecule has 0 aliphatic carbocycles. The first-order valence-electron chi connectivity index (χ1n) is 8.17. The minimum Gasteiger partial charge on any atom is -0.497 e. The summed E-state index contributed by atoms with van der Waals surface area (Å²) in [7, 11) is 2.90. The Morgan fingerprint density at radius 2 is 1.78 bits per heavy atom. The molecule has 0 saturated carbocycles. The Bertz CT molecular complexity index is 947. The Hall–Kier alpha value is -3.61. The summed E-state index contributed by atoms with van der Waals surface area (Å²) < 4.78 is 15.2. The average molecular weight is 366 g/mol. The van der Waals surface area contributed by atoms with Crippen LogP contribution in [0.25, 0.3) is 11.3 Å². The Balaban J connectivity index is 1.62. The lowest BCUT2D eigenvalue weighted by Crippen LogP contribution is -2.23. The van der Waals surface area contributed by atoms with Gasteiger partial charge < -0.3 is 19.3 Å². The highest BCUT2D eigenvalue weighted by molar-refractivity contribution is 5.96. The van der Waals surface area contributed by atoms with E-state index in [0.717, 1.165) is 5.56 Å². The zero-order valence-electron chi connectivity index (χ0n) is 14.9. The zero-order valence-corrected chi connectivity index (χ0v) is 14.9. The Morgan fingerprint density at radius 1 is 1.04 bits per heavy atom. The normalized spacial score (nSPS) is 10.3. The van der Waals surface area contributed by atoms with Crippen molar-refractivity contribution in [3.05, 3.63) is 71.4 Å². The van der Waals surface area contributed by atoms with Crippen LogP contribution in [0.1, 0.15) is 26.4 Å². The molecule has 1 aromatic heterocycles. The summed E-state index contributed by atoms with van der Waals surface area (Å²) in [6.45, 7) is 0.213. The highest BCUT2D eigenvalue weighted by atomic mass is 16.5. The SMILES string of the molecule is COC(=O)c1ccc(C(=O)NCc2cc(-c3cccc(OC)c3)on2)cc1. The summed E-state index contributed by atoms with van der Waals surface area (Å²) in [5.41, 5.74) is 2.23. The molecule has 3 aromatic rings. The van der Waals surface area contributed by atoms with Gasteiger partial charge in [0.1, 0.15) is 11.4 Å². The topological polar surface area (TPSA) is 90.7 Å². The van der Waals surface area contributed by atoms with Gasteiger partial charge in [0.2, 0.25) is 0 Å². The van der Waals surface area contributed by atoms with E-state index in [0.29, 0.717) is 28.3 Å². The highest BCUT2D eigenvalue weighted by Gasteiger charge is 2.11. The van der Waals surface area contributed by atoms with E-state index in [1.54, 1.807) is 25.3 Å². The fourth-order valence-corrected chi connectivity index (χ4v) is 2.46. The van der Waals surface area contributed by atoms with E-state index in [1.807, 2.05) is 24.3 Å². The molecule has 0 spiro atoms. The molecule has 27 heavy (non-hydrogen) atoms. The van der Waals surface area contributed by atoms with Gasteiger partial charge in [-0.15, -0.1) is 0 Å². The van der Waals surface area contributed by atoms with E-state index < -0.39 is 5.97 Å². The standard InChI is InChI=1S/C20H18N2O5/c1-25-17-5-3-4-15(10-17)18-11-16(22-27-18)12-21-19(23)13-6-8-14(9-7-13)20(24)26-2/h3-11H,12H2,1-2H3,(H,21,23). The van der Waals surface area contributed by atoms with E-state index in [2.05, 4.69) is 15.2 Å². The van der Waals surface area contributed by atoms with Crippen molar-refractivity contribution in [2.45, 2.75) is 6.54 Å². The summed E-state index contributed by atoms with van der Waals surface area (Å²) in [6.07, 6.45) is 0. The molecule has 7 heteroatoms. The summed E-state index contributed by atoms with van der Waals surface area (Å²) in [6, 6.07) is 15.4. The number of esters is 1. The van der Waals surface area contributed by atoms with E-state index in [-0.39, 0.29) is 12.5 Å². The second-order valence-corrected chi connectivity index (χ2v) is 5.67. The van der Waals surface area contributed by atoms with Crippen LogP contribution in [-0.4, -0.2) is 31.3 Å². The van der Waals surface area contributed by atoms with Crippen molar-refractivity contribution >= 4 is 11.9 Å². The maximum Gasteiger partial charge on any atom is 0.337 e. The Morgan fingerprint density at radius 3 is 2.48 bits per heavy atom. The molecule has 0 atom stereocenters. The minimum absolute atomic E-state index is 0.213. The van der Waals surface area contributed by atoms with Gasteiger partial charge in [-0.05, 0) is 36.4 Å². The van der Waals surface area contributed by atoms with Crippen molar-refractivity contribution in [3.8, 4) is 17.1 Å². The van der Waals surface area contributed by atoms with Crippen molar-refractivity contribution in [2.24, 2.45) is 0 Å². The molecule has 1 N–H and O–H groups in total. The number of amides is 1. The molecule has 0 radical (unpaired) electrons. The number of benzene rings is 2. The number of aromatic nitrogens is 1. The monoisotopic (exact) mass is 366 g/mol. The summed E-state index contributed by atoms with van der Waals surface area (Å²) >= 11 is 0. The molecule has 0 unspecified atom stereocenters. The van der Waals surface area contributed by atoms with Gasteiger partial charge in [0, 0.05) is 17.2 Å². The number of carbonyl (C=O) groups excluding carboxylic acids is 2. The highest BCUT2D eigenvalue weighted by Crippen LogP contribution is 2.24. The van der Waals surface area contributed by atoms with Crippen LogP contribution in [0.15, 0.2) is 59.1 Å². The average Bonchev–Trinajstić information content (AvgIpc) is 3.20. The van der Waals surface area contributed by atoms with E-state index in [9.17, 15) is 9.59 Å². The van der Waals surface area contributed by atoms with Crippen molar-refractivity contribution in [1.82, 2.24) is 10.5 Å². The lowest BCUT2D eigenvalue weighted by Gasteiger charge is -2.04. The van der Waals surface area contributed by atoms with Gasteiger partial charge in [-0.3, -0.25) is 4.79 Å². The fraction of sp³-hybridized carbons (Fsp3) is 0.150. The van der Waals surface area contributed by atoms with Gasteiger partial charge in [-0.1, -0.05) is 17.3 Å². The number of ether oxygens (including phenoxy) is 2. The van der Waals surface area contributed by atoms with Gasteiger partial charge in [-0.25, -0.2) is 4.79 Å². The van der Waals surface area contributed by atoms with E-state index in [1.165, 1.54) is 19.2 Å². The lowest BCUT2D eigenvalue weighted by atomic mass is 10.1. The van der Waals surface area contributed by atoms with Crippen LogP contribution in [0, 0.1) is 0 Å². The molecular formula is C20H18N2O5. The maximum atomic E-state index is 12.2. The molecule has 2 aromatic carbocycles. The fourth-order valence-electron chi connectivity index (χ4n) is 2.46. The molecule has 3 rings (SSSR count). The van der Waals surface area contributed by atoms with Crippen LogP contribution in [0.2, 0.25) is 0 Å². The van der Waals surface area contributed by atoms with Gasteiger partial charge in [-0.2, -0.15) is 0 Å². The molecule has 138 valence electrons. The van der Waals surface area contributed by atoms with Gasteiger partial charge in [0.15, 0.2) is 5.76 Å². The largest absolute Gasteiger partial charge is 0.497 e. The number of nitrogens with one attached hydrogen (secondary N) is 1. The van der Waals surface area contributed by atoms with Crippen molar-refractivity contribution in [3.63, 3.8) is 0 Å². The third kappa shape index (κ3) is 4.33.